The summed E-state index contributed by atoms with van der Waals surface area (Å²) < 4.78 is 1.69. The van der Waals surface area contributed by atoms with E-state index < -0.39 is 0 Å². The van der Waals surface area contributed by atoms with Crippen LogP contribution in [0.1, 0.15) is 11.1 Å². The number of hydrogen-bond donors (Lipinski definition) is 2. The highest BCUT2D eigenvalue weighted by atomic mass is 15.4. The van der Waals surface area contributed by atoms with Gasteiger partial charge in [0.15, 0.2) is 0 Å². The van der Waals surface area contributed by atoms with Gasteiger partial charge in [0.05, 0.1) is 0 Å². The lowest BCUT2D eigenvalue weighted by atomic mass is 10.1. The second-order valence-corrected chi connectivity index (χ2v) is 5.84. The zero-order valence-electron chi connectivity index (χ0n) is 13.3. The number of anilines is 1. The molecule has 0 aliphatic rings. The van der Waals surface area contributed by atoms with E-state index in [9.17, 15) is 0 Å². The lowest BCUT2D eigenvalue weighted by Gasteiger charge is -2.08. The van der Waals surface area contributed by atoms with Crippen LogP contribution < -0.4 is 5.32 Å². The van der Waals surface area contributed by atoms with Gasteiger partial charge in [-0.15, -0.1) is 5.10 Å². The largest absolute Gasteiger partial charge is 0.361 e. The van der Waals surface area contributed by atoms with Gasteiger partial charge in [0.1, 0.15) is 6.33 Å². The molecule has 0 fully saturated rings. The summed E-state index contributed by atoms with van der Waals surface area (Å²) in [5, 5.41) is 8.78. The molecule has 0 amide bonds. The normalized spacial score (nSPS) is 11.5. The molecule has 0 saturated heterocycles. The average molecular weight is 298 g/mol. The van der Waals surface area contributed by atoms with Crippen LogP contribution in [-0.2, 0) is 20.0 Å². The Bertz CT molecular complexity index is 755. The average Bonchev–Trinajstić information content (AvgIpc) is 3.08. The van der Waals surface area contributed by atoms with Crippen molar-refractivity contribution in [1.29, 1.82) is 0 Å². The van der Waals surface area contributed by atoms with Gasteiger partial charge in [-0.3, -0.25) is 4.68 Å². The van der Waals surface area contributed by atoms with Gasteiger partial charge in [-0.2, -0.15) is 0 Å². The van der Waals surface area contributed by atoms with Crippen LogP contribution >= 0.6 is 0 Å². The predicted octanol–water partition coefficient (Wildman–Crippen LogP) is 2.01. The van der Waals surface area contributed by atoms with Crippen LogP contribution in [0.5, 0.6) is 0 Å². The number of aryl methyl sites for hydroxylation is 1. The minimum absolute atomic E-state index is 0.657. The Kier molecular flexibility index (Phi) is 4.11. The molecule has 6 nitrogen and oxygen atoms in total. The zero-order valence-corrected chi connectivity index (χ0v) is 13.3. The van der Waals surface area contributed by atoms with Gasteiger partial charge in [-0.25, -0.2) is 4.98 Å². The summed E-state index contributed by atoms with van der Waals surface area (Å²) in [4.78, 5) is 9.73. The van der Waals surface area contributed by atoms with Crippen LogP contribution in [0, 0.1) is 0 Å². The molecule has 3 rings (SSSR count). The molecule has 2 aromatic heterocycles. The van der Waals surface area contributed by atoms with Gasteiger partial charge < -0.3 is 15.2 Å². The molecule has 116 valence electrons. The van der Waals surface area contributed by atoms with Crippen molar-refractivity contribution in [2.75, 3.05) is 26.0 Å². The first-order valence-electron chi connectivity index (χ1n) is 7.45. The molecule has 0 bridgehead atoms. The van der Waals surface area contributed by atoms with E-state index in [1.54, 1.807) is 11.0 Å². The second-order valence-electron chi connectivity index (χ2n) is 5.84. The van der Waals surface area contributed by atoms with Gasteiger partial charge in [-0.05, 0) is 43.8 Å². The SMILES string of the molecule is CN(C)CCc1c[nH]c2ccc(CNc3ncn(C)n3)cc12. The van der Waals surface area contributed by atoms with E-state index in [4.69, 9.17) is 0 Å². The van der Waals surface area contributed by atoms with Gasteiger partial charge in [0.2, 0.25) is 5.95 Å². The monoisotopic (exact) mass is 298 g/mol. The minimum atomic E-state index is 0.657. The van der Waals surface area contributed by atoms with Crippen molar-refractivity contribution in [3.63, 3.8) is 0 Å². The van der Waals surface area contributed by atoms with E-state index in [1.165, 1.54) is 22.0 Å². The second kappa shape index (κ2) is 6.19. The number of nitrogens with zero attached hydrogens (tertiary/aromatic N) is 4. The molecule has 6 heteroatoms. The quantitative estimate of drug-likeness (QED) is 0.731. The Morgan fingerprint density at radius 2 is 2.18 bits per heavy atom. The highest BCUT2D eigenvalue weighted by Crippen LogP contribution is 2.21. The fourth-order valence-electron chi connectivity index (χ4n) is 2.49. The van der Waals surface area contributed by atoms with Crippen LogP contribution in [0.15, 0.2) is 30.7 Å². The third-order valence-electron chi connectivity index (χ3n) is 3.71. The summed E-state index contributed by atoms with van der Waals surface area (Å²) in [6, 6.07) is 6.51. The van der Waals surface area contributed by atoms with Gasteiger partial charge in [0, 0.05) is 37.2 Å². The molecule has 0 atom stereocenters. The number of fused-ring (bicyclic) bond motifs is 1. The van der Waals surface area contributed by atoms with E-state index in [2.05, 4.69) is 63.8 Å². The zero-order chi connectivity index (χ0) is 15.5. The Balaban J connectivity index is 1.74. The molecular formula is C16H22N6. The van der Waals surface area contributed by atoms with Crippen LogP contribution in [-0.4, -0.2) is 45.3 Å². The summed E-state index contributed by atoms with van der Waals surface area (Å²) in [6.45, 7) is 1.77. The Morgan fingerprint density at radius 3 is 2.91 bits per heavy atom. The van der Waals surface area contributed by atoms with E-state index in [0.717, 1.165) is 19.5 Å². The number of nitrogens with one attached hydrogen (secondary N) is 2. The number of rotatable bonds is 6. The maximum absolute atomic E-state index is 4.23. The molecule has 0 radical (unpaired) electrons. The number of likely N-dealkylation sites (N-methyl/N-ethyl adjacent to an activating group) is 1. The van der Waals surface area contributed by atoms with E-state index in [0.29, 0.717) is 5.95 Å². The standard InChI is InChI=1S/C16H22N6/c1-21(2)7-6-13-10-17-15-5-4-12(8-14(13)15)9-18-16-19-11-22(3)20-16/h4-5,8,10-11,17H,6-7,9H2,1-3H3,(H,18,20). The maximum atomic E-state index is 4.23. The first-order valence-corrected chi connectivity index (χ1v) is 7.45. The Hall–Kier alpha value is -2.34. The molecule has 0 aliphatic carbocycles. The molecule has 0 unspecified atom stereocenters. The third kappa shape index (κ3) is 3.28. The molecule has 0 saturated carbocycles. The number of benzene rings is 1. The Morgan fingerprint density at radius 1 is 1.32 bits per heavy atom. The van der Waals surface area contributed by atoms with E-state index in [-0.39, 0.29) is 0 Å². The summed E-state index contributed by atoms with van der Waals surface area (Å²) >= 11 is 0. The molecule has 0 spiro atoms. The number of hydrogen-bond acceptors (Lipinski definition) is 4. The van der Waals surface area contributed by atoms with E-state index >= 15 is 0 Å². The molecule has 2 N–H and O–H groups in total. The number of aromatic nitrogens is 4. The molecule has 1 aromatic carbocycles. The first kappa shape index (κ1) is 14.6. The van der Waals surface area contributed by atoms with Crippen LogP contribution in [0.2, 0.25) is 0 Å². The van der Waals surface area contributed by atoms with Crippen LogP contribution in [0.4, 0.5) is 5.95 Å². The number of aromatic amines is 1. The van der Waals surface area contributed by atoms with E-state index in [1.807, 2.05) is 7.05 Å². The summed E-state index contributed by atoms with van der Waals surface area (Å²) in [5.74, 6) is 0.657. The maximum Gasteiger partial charge on any atom is 0.242 e. The predicted molar refractivity (Wildman–Crippen MR) is 88.9 cm³/mol. The molecule has 2 heterocycles. The molecule has 22 heavy (non-hydrogen) atoms. The molecule has 3 aromatic rings. The van der Waals surface area contributed by atoms with Gasteiger partial charge in [0.25, 0.3) is 0 Å². The third-order valence-corrected chi connectivity index (χ3v) is 3.71. The Labute approximate surface area is 130 Å². The smallest absolute Gasteiger partial charge is 0.242 e. The van der Waals surface area contributed by atoms with Crippen molar-refractivity contribution < 1.29 is 0 Å². The highest BCUT2D eigenvalue weighted by Gasteiger charge is 2.06. The van der Waals surface area contributed by atoms with Gasteiger partial charge >= 0.3 is 0 Å². The topological polar surface area (TPSA) is 61.8 Å². The lowest BCUT2D eigenvalue weighted by Crippen LogP contribution is -2.14. The summed E-state index contributed by atoms with van der Waals surface area (Å²) in [6.07, 6.45) is 4.86. The highest BCUT2D eigenvalue weighted by molar-refractivity contribution is 5.84. The number of H-pyrrole nitrogens is 1. The van der Waals surface area contributed by atoms with Crippen molar-refractivity contribution in [3.8, 4) is 0 Å². The lowest BCUT2D eigenvalue weighted by molar-refractivity contribution is 0.414. The fraction of sp³-hybridized carbons (Fsp3) is 0.375. The van der Waals surface area contributed by atoms with Crippen molar-refractivity contribution in [2.45, 2.75) is 13.0 Å². The first-order chi connectivity index (χ1) is 10.6. The summed E-state index contributed by atoms with van der Waals surface area (Å²) in [5.41, 5.74) is 3.78. The van der Waals surface area contributed by atoms with Crippen molar-refractivity contribution >= 4 is 16.9 Å². The fourth-order valence-corrected chi connectivity index (χ4v) is 2.49. The van der Waals surface area contributed by atoms with Crippen molar-refractivity contribution in [2.24, 2.45) is 7.05 Å². The van der Waals surface area contributed by atoms with Crippen molar-refractivity contribution in [3.05, 3.63) is 41.9 Å². The molecule has 0 aliphatic heterocycles. The minimum Gasteiger partial charge on any atom is -0.361 e. The van der Waals surface area contributed by atoms with Gasteiger partial charge in [-0.1, -0.05) is 6.07 Å². The molecular weight excluding hydrogens is 276 g/mol. The van der Waals surface area contributed by atoms with Crippen LogP contribution in [0.3, 0.4) is 0 Å². The van der Waals surface area contributed by atoms with Crippen molar-refractivity contribution in [1.82, 2.24) is 24.6 Å². The van der Waals surface area contributed by atoms with Crippen LogP contribution in [0.25, 0.3) is 10.9 Å². The summed E-state index contributed by atoms with van der Waals surface area (Å²) in [7, 11) is 6.06.